The van der Waals surface area contributed by atoms with E-state index in [4.69, 9.17) is 11.0 Å². The summed E-state index contributed by atoms with van der Waals surface area (Å²) in [4.78, 5) is 14.9. The number of hydrogen-bond acceptors (Lipinski definition) is 4. The average Bonchev–Trinajstić information content (AvgIpc) is 2.83. The number of carbonyl (C=O) groups is 1. The second-order valence-corrected chi connectivity index (χ2v) is 7.72. The lowest BCUT2D eigenvalue weighted by atomic mass is 9.90. The maximum atomic E-state index is 13.1. The van der Waals surface area contributed by atoms with Crippen molar-refractivity contribution < 1.29 is 4.79 Å². The molecule has 0 aromatic heterocycles. The molecule has 3 aromatic rings. The first-order chi connectivity index (χ1) is 15.1. The van der Waals surface area contributed by atoms with Crippen LogP contribution in [0.4, 0.5) is 0 Å². The lowest BCUT2D eigenvalue weighted by Gasteiger charge is -2.31. The van der Waals surface area contributed by atoms with Gasteiger partial charge in [-0.15, -0.1) is 0 Å². The van der Waals surface area contributed by atoms with E-state index in [1.54, 1.807) is 17.0 Å². The fourth-order valence-electron chi connectivity index (χ4n) is 4.10. The molecule has 0 radical (unpaired) electrons. The van der Waals surface area contributed by atoms with Crippen LogP contribution in [0.1, 0.15) is 23.1 Å². The maximum Gasteiger partial charge on any atom is 0.240 e. The third-order valence-electron chi connectivity index (χ3n) is 5.76. The van der Waals surface area contributed by atoms with Crippen molar-refractivity contribution in [2.45, 2.75) is 18.9 Å². The van der Waals surface area contributed by atoms with Gasteiger partial charge in [-0.05, 0) is 46.0 Å². The average molecular weight is 406 g/mol. The second kappa shape index (κ2) is 8.83. The molecular formula is C26H22N4O. The summed E-state index contributed by atoms with van der Waals surface area (Å²) < 4.78 is 0. The molecule has 0 saturated carbocycles. The second-order valence-electron chi connectivity index (χ2n) is 7.72. The maximum absolute atomic E-state index is 13.1. The highest BCUT2D eigenvalue weighted by atomic mass is 16.2. The molecule has 0 aliphatic carbocycles. The van der Waals surface area contributed by atoms with Gasteiger partial charge in [-0.1, -0.05) is 54.6 Å². The van der Waals surface area contributed by atoms with Crippen molar-refractivity contribution in [2.24, 2.45) is 5.73 Å². The third-order valence-corrected chi connectivity index (χ3v) is 5.76. The van der Waals surface area contributed by atoms with E-state index in [-0.39, 0.29) is 5.91 Å². The molecule has 31 heavy (non-hydrogen) atoms. The summed E-state index contributed by atoms with van der Waals surface area (Å²) in [5.74, 6) is -0.126. The van der Waals surface area contributed by atoms with Gasteiger partial charge in [0.2, 0.25) is 5.91 Å². The molecule has 0 saturated heterocycles. The van der Waals surface area contributed by atoms with Gasteiger partial charge >= 0.3 is 0 Å². The number of hydrogen-bond donors (Lipinski definition) is 1. The van der Waals surface area contributed by atoms with Crippen LogP contribution in [-0.2, 0) is 11.2 Å². The highest BCUT2D eigenvalue weighted by Crippen LogP contribution is 2.31. The molecule has 0 unspecified atom stereocenters. The Balaban J connectivity index is 1.57. The molecule has 0 fully saturated rings. The van der Waals surface area contributed by atoms with Crippen LogP contribution < -0.4 is 5.73 Å². The molecule has 152 valence electrons. The van der Waals surface area contributed by atoms with Gasteiger partial charge in [-0.25, -0.2) is 0 Å². The SMILES string of the molecule is N#CC1=C(c2cccc3ccccc23)CN(C(=O)[C@H](N)Cc2ccc(C#N)cc2)CC1. The number of nitrogens with two attached hydrogens (primary N) is 1. The topological polar surface area (TPSA) is 93.9 Å². The Bertz CT molecular complexity index is 1240. The van der Waals surface area contributed by atoms with Crippen LogP contribution >= 0.6 is 0 Å². The Morgan fingerprint density at radius 2 is 1.74 bits per heavy atom. The number of rotatable bonds is 4. The van der Waals surface area contributed by atoms with Gasteiger partial charge < -0.3 is 10.6 Å². The summed E-state index contributed by atoms with van der Waals surface area (Å²) in [6.07, 6.45) is 0.920. The first-order valence-corrected chi connectivity index (χ1v) is 10.2. The first kappa shape index (κ1) is 20.3. The molecule has 1 aliphatic heterocycles. The molecule has 5 nitrogen and oxygen atoms in total. The fourth-order valence-corrected chi connectivity index (χ4v) is 4.10. The van der Waals surface area contributed by atoms with E-state index in [0.717, 1.165) is 33.0 Å². The minimum absolute atomic E-state index is 0.126. The summed E-state index contributed by atoms with van der Waals surface area (Å²) in [7, 11) is 0. The van der Waals surface area contributed by atoms with Gasteiger partial charge in [0.1, 0.15) is 0 Å². The predicted molar refractivity (Wildman–Crippen MR) is 121 cm³/mol. The number of amides is 1. The van der Waals surface area contributed by atoms with E-state index in [9.17, 15) is 10.1 Å². The first-order valence-electron chi connectivity index (χ1n) is 10.2. The lowest BCUT2D eigenvalue weighted by Crippen LogP contribution is -2.47. The molecular weight excluding hydrogens is 384 g/mol. The molecule has 1 atom stereocenters. The quantitative estimate of drug-likeness (QED) is 0.713. The number of fused-ring (bicyclic) bond motifs is 1. The Labute approximate surface area is 181 Å². The number of nitriles is 2. The largest absolute Gasteiger partial charge is 0.337 e. The molecule has 2 N–H and O–H groups in total. The zero-order chi connectivity index (χ0) is 21.8. The molecule has 1 heterocycles. The van der Waals surface area contributed by atoms with Gasteiger partial charge in [-0.3, -0.25) is 4.79 Å². The molecule has 5 heteroatoms. The van der Waals surface area contributed by atoms with Crippen LogP contribution in [-0.4, -0.2) is 29.9 Å². The normalized spacial score (nSPS) is 14.7. The van der Waals surface area contributed by atoms with Crippen LogP contribution in [0.5, 0.6) is 0 Å². The highest BCUT2D eigenvalue weighted by Gasteiger charge is 2.28. The van der Waals surface area contributed by atoms with Gasteiger partial charge in [0.25, 0.3) is 0 Å². The molecule has 0 bridgehead atoms. The minimum atomic E-state index is -0.676. The Kier molecular flexibility index (Phi) is 5.80. The molecule has 4 rings (SSSR count). The van der Waals surface area contributed by atoms with Gasteiger partial charge in [-0.2, -0.15) is 10.5 Å². The van der Waals surface area contributed by atoms with E-state index in [2.05, 4.69) is 12.1 Å². The molecule has 1 amide bonds. The van der Waals surface area contributed by atoms with Crippen molar-refractivity contribution in [1.82, 2.24) is 4.90 Å². The van der Waals surface area contributed by atoms with E-state index < -0.39 is 6.04 Å². The van der Waals surface area contributed by atoms with Crippen LogP contribution in [0.25, 0.3) is 16.3 Å². The predicted octanol–water partition coefficient (Wildman–Crippen LogP) is 3.79. The van der Waals surface area contributed by atoms with E-state index in [1.165, 1.54) is 0 Å². The van der Waals surface area contributed by atoms with Gasteiger partial charge in [0.05, 0.1) is 23.7 Å². The van der Waals surface area contributed by atoms with E-state index in [1.807, 2.05) is 54.6 Å². The fraction of sp³-hybridized carbons (Fsp3) is 0.192. The van der Waals surface area contributed by atoms with Crippen LogP contribution in [0, 0.1) is 22.7 Å². The molecule has 1 aliphatic rings. The van der Waals surface area contributed by atoms with Crippen molar-refractivity contribution in [3.63, 3.8) is 0 Å². The summed E-state index contributed by atoms with van der Waals surface area (Å²) in [6.45, 7) is 0.855. The van der Waals surface area contributed by atoms with Crippen molar-refractivity contribution in [3.8, 4) is 12.1 Å². The number of benzene rings is 3. The Morgan fingerprint density at radius 1 is 1.00 bits per heavy atom. The summed E-state index contributed by atoms with van der Waals surface area (Å²) in [5, 5.41) is 20.8. The lowest BCUT2D eigenvalue weighted by molar-refractivity contribution is -0.132. The Morgan fingerprint density at radius 3 is 2.48 bits per heavy atom. The van der Waals surface area contributed by atoms with E-state index >= 15 is 0 Å². The summed E-state index contributed by atoms with van der Waals surface area (Å²) >= 11 is 0. The number of carbonyl (C=O) groups excluding carboxylic acids is 1. The smallest absolute Gasteiger partial charge is 0.240 e. The molecule has 0 spiro atoms. The van der Waals surface area contributed by atoms with Gasteiger partial charge in [0, 0.05) is 25.1 Å². The standard InChI is InChI=1S/C26H22N4O/c27-15-19-10-8-18(9-11-19)14-25(29)26(31)30-13-12-21(16-28)24(17-30)23-7-3-5-20-4-1-2-6-22(20)23/h1-11,25H,12-14,17,29H2/t25-/m1/s1. The van der Waals surface area contributed by atoms with Crippen molar-refractivity contribution in [3.05, 3.63) is 89.0 Å². The van der Waals surface area contributed by atoms with Crippen LogP contribution in [0.3, 0.4) is 0 Å². The van der Waals surface area contributed by atoms with Crippen molar-refractivity contribution in [1.29, 1.82) is 10.5 Å². The highest BCUT2D eigenvalue weighted by molar-refractivity contribution is 5.96. The monoisotopic (exact) mass is 406 g/mol. The number of nitrogens with zero attached hydrogens (tertiary/aromatic N) is 3. The van der Waals surface area contributed by atoms with Crippen molar-refractivity contribution >= 4 is 22.3 Å². The summed E-state index contributed by atoms with van der Waals surface area (Å²) in [5.41, 5.74) is 10.4. The zero-order valence-electron chi connectivity index (χ0n) is 17.1. The molecule has 3 aromatic carbocycles. The van der Waals surface area contributed by atoms with Crippen LogP contribution in [0.15, 0.2) is 72.3 Å². The Hall–Kier alpha value is -3.93. The van der Waals surface area contributed by atoms with E-state index in [0.29, 0.717) is 31.5 Å². The van der Waals surface area contributed by atoms with Gasteiger partial charge in [0.15, 0.2) is 0 Å². The third kappa shape index (κ3) is 4.19. The summed E-state index contributed by atoms with van der Waals surface area (Å²) in [6, 6.07) is 25.0. The van der Waals surface area contributed by atoms with Crippen LogP contribution in [0.2, 0.25) is 0 Å². The zero-order valence-corrected chi connectivity index (χ0v) is 17.1. The van der Waals surface area contributed by atoms with Crippen molar-refractivity contribution in [2.75, 3.05) is 13.1 Å². The minimum Gasteiger partial charge on any atom is -0.337 e.